The first-order valence-electron chi connectivity index (χ1n) is 11.6. The van der Waals surface area contributed by atoms with Crippen molar-refractivity contribution < 1.29 is 13.2 Å². The zero-order valence-electron chi connectivity index (χ0n) is 19.9. The third-order valence-corrected chi connectivity index (χ3v) is 8.05. The molecule has 0 bridgehead atoms. The second kappa shape index (κ2) is 10.9. The summed E-state index contributed by atoms with van der Waals surface area (Å²) in [5, 5.41) is 3.02. The van der Waals surface area contributed by atoms with Gasteiger partial charge in [0.05, 0.1) is 15.9 Å². The van der Waals surface area contributed by atoms with E-state index in [2.05, 4.69) is 29.4 Å². The zero-order valence-corrected chi connectivity index (χ0v) is 20.7. The summed E-state index contributed by atoms with van der Waals surface area (Å²) in [5.74, 6) is 1.01. The number of hydrogen-bond donors (Lipinski definition) is 1. The number of benzene rings is 2. The van der Waals surface area contributed by atoms with Gasteiger partial charge in [0.2, 0.25) is 15.9 Å². The normalized spacial score (nSPS) is 12.9. The Morgan fingerprint density at radius 3 is 2.42 bits per heavy atom. The quantitative estimate of drug-likeness (QED) is 0.460. The Hall–Kier alpha value is -2.71. The summed E-state index contributed by atoms with van der Waals surface area (Å²) < 4.78 is 29.2. The molecule has 1 heterocycles. The Morgan fingerprint density at radius 1 is 1.09 bits per heavy atom. The van der Waals surface area contributed by atoms with Gasteiger partial charge in [0.1, 0.15) is 5.82 Å². The number of nitrogens with zero attached hydrogens (tertiary/aromatic N) is 3. The topological polar surface area (TPSA) is 84.3 Å². The lowest BCUT2D eigenvalue weighted by atomic mass is 10.0. The van der Waals surface area contributed by atoms with Crippen LogP contribution in [-0.2, 0) is 27.8 Å². The van der Waals surface area contributed by atoms with Crippen LogP contribution in [0.1, 0.15) is 51.4 Å². The molecule has 0 aliphatic carbocycles. The number of carbonyl (C=O) groups is 1. The van der Waals surface area contributed by atoms with Crippen LogP contribution in [0.5, 0.6) is 0 Å². The molecule has 1 N–H and O–H groups in total. The minimum Gasteiger partial charge on any atom is -0.355 e. The fourth-order valence-electron chi connectivity index (χ4n) is 4.06. The predicted molar refractivity (Wildman–Crippen MR) is 132 cm³/mol. The molecule has 0 aliphatic rings. The van der Waals surface area contributed by atoms with Crippen molar-refractivity contribution in [3.63, 3.8) is 0 Å². The first kappa shape index (κ1) is 24.9. The van der Waals surface area contributed by atoms with Gasteiger partial charge in [-0.3, -0.25) is 4.79 Å². The van der Waals surface area contributed by atoms with Crippen LogP contribution in [-0.4, -0.2) is 47.8 Å². The highest BCUT2D eigenvalue weighted by Crippen LogP contribution is 2.23. The SMILES string of the molecule is CCN(CC)S(=O)(=O)c1ccc2c(c1)nc(CCC(=O)NCC(C)c1ccccc1)n2CC. The summed E-state index contributed by atoms with van der Waals surface area (Å²) in [5.41, 5.74) is 2.71. The minimum atomic E-state index is -3.55. The highest BCUT2D eigenvalue weighted by atomic mass is 32.2. The van der Waals surface area contributed by atoms with E-state index in [1.807, 2.05) is 49.6 Å². The molecule has 1 aromatic heterocycles. The molecule has 7 nitrogen and oxygen atoms in total. The van der Waals surface area contributed by atoms with E-state index in [9.17, 15) is 13.2 Å². The number of imidazole rings is 1. The van der Waals surface area contributed by atoms with Gasteiger partial charge >= 0.3 is 0 Å². The van der Waals surface area contributed by atoms with Crippen LogP contribution in [0.2, 0.25) is 0 Å². The van der Waals surface area contributed by atoms with E-state index in [0.717, 1.165) is 11.3 Å². The maximum atomic E-state index is 12.9. The van der Waals surface area contributed by atoms with E-state index in [-0.39, 0.29) is 16.7 Å². The van der Waals surface area contributed by atoms with E-state index < -0.39 is 10.0 Å². The van der Waals surface area contributed by atoms with E-state index in [1.54, 1.807) is 12.1 Å². The third-order valence-electron chi connectivity index (χ3n) is 6.01. The van der Waals surface area contributed by atoms with E-state index in [4.69, 9.17) is 0 Å². The Bertz CT molecular complexity index is 1190. The number of aromatic nitrogens is 2. The number of amides is 1. The maximum absolute atomic E-state index is 12.9. The predicted octanol–water partition coefficient (Wildman–Crippen LogP) is 3.94. The van der Waals surface area contributed by atoms with Gasteiger partial charge in [0.15, 0.2) is 0 Å². The van der Waals surface area contributed by atoms with Gasteiger partial charge in [-0.1, -0.05) is 51.1 Å². The fraction of sp³-hybridized carbons (Fsp3) is 0.440. The standard InChI is InChI=1S/C25H34N4O3S/c1-5-28(6-2)33(31,32)21-13-14-23-22(17-21)27-24(29(23)7-3)15-16-25(30)26-18-19(4)20-11-9-8-10-12-20/h8-14,17,19H,5-7,15-16,18H2,1-4H3,(H,26,30). The number of nitrogens with one attached hydrogen (secondary N) is 1. The summed E-state index contributed by atoms with van der Waals surface area (Å²) in [7, 11) is -3.55. The summed E-state index contributed by atoms with van der Waals surface area (Å²) >= 11 is 0. The van der Waals surface area contributed by atoms with Crippen LogP contribution in [0.3, 0.4) is 0 Å². The maximum Gasteiger partial charge on any atom is 0.243 e. The van der Waals surface area contributed by atoms with Crippen molar-refractivity contribution in [1.82, 2.24) is 19.2 Å². The van der Waals surface area contributed by atoms with Crippen molar-refractivity contribution in [1.29, 1.82) is 0 Å². The number of aryl methyl sites for hydroxylation is 2. The Morgan fingerprint density at radius 2 is 1.79 bits per heavy atom. The summed E-state index contributed by atoms with van der Waals surface area (Å²) in [6.07, 6.45) is 0.821. The molecule has 1 unspecified atom stereocenters. The highest BCUT2D eigenvalue weighted by molar-refractivity contribution is 7.89. The van der Waals surface area contributed by atoms with Crippen molar-refractivity contribution in [2.24, 2.45) is 0 Å². The van der Waals surface area contributed by atoms with Gasteiger partial charge < -0.3 is 9.88 Å². The first-order chi connectivity index (χ1) is 15.8. The number of sulfonamides is 1. The molecule has 0 spiro atoms. The zero-order chi connectivity index (χ0) is 24.0. The van der Waals surface area contributed by atoms with Gasteiger partial charge in [-0.25, -0.2) is 13.4 Å². The molecule has 8 heteroatoms. The van der Waals surface area contributed by atoms with Crippen LogP contribution in [0.25, 0.3) is 11.0 Å². The van der Waals surface area contributed by atoms with E-state index in [1.165, 1.54) is 9.87 Å². The highest BCUT2D eigenvalue weighted by Gasteiger charge is 2.23. The molecule has 0 fully saturated rings. The minimum absolute atomic E-state index is 0.0164. The summed E-state index contributed by atoms with van der Waals surface area (Å²) in [6, 6.07) is 15.2. The van der Waals surface area contributed by atoms with Crippen molar-refractivity contribution in [3.05, 3.63) is 59.9 Å². The van der Waals surface area contributed by atoms with E-state index in [0.29, 0.717) is 44.5 Å². The molecule has 0 radical (unpaired) electrons. The third kappa shape index (κ3) is 5.62. The molecule has 0 saturated carbocycles. The monoisotopic (exact) mass is 470 g/mol. The van der Waals surface area contributed by atoms with Crippen molar-refractivity contribution in [2.45, 2.75) is 57.9 Å². The molecule has 33 heavy (non-hydrogen) atoms. The van der Waals surface area contributed by atoms with Gasteiger partial charge in [0.25, 0.3) is 0 Å². The number of carbonyl (C=O) groups excluding carboxylic acids is 1. The Kier molecular flexibility index (Phi) is 8.26. The largest absolute Gasteiger partial charge is 0.355 e. The summed E-state index contributed by atoms with van der Waals surface area (Å²) in [6.45, 7) is 9.89. The van der Waals surface area contributed by atoms with Gasteiger partial charge in [0, 0.05) is 39.0 Å². The second-order valence-electron chi connectivity index (χ2n) is 8.13. The number of hydrogen-bond acceptors (Lipinski definition) is 4. The number of rotatable bonds is 11. The van der Waals surface area contributed by atoms with Crippen molar-refractivity contribution >= 4 is 27.0 Å². The number of fused-ring (bicyclic) bond motifs is 1. The van der Waals surface area contributed by atoms with E-state index >= 15 is 0 Å². The lowest BCUT2D eigenvalue weighted by Crippen LogP contribution is -2.30. The van der Waals surface area contributed by atoms with Crippen LogP contribution < -0.4 is 5.32 Å². The van der Waals surface area contributed by atoms with Gasteiger partial charge in [-0.2, -0.15) is 4.31 Å². The molecule has 0 aliphatic heterocycles. The molecule has 0 saturated heterocycles. The average molecular weight is 471 g/mol. The molecular weight excluding hydrogens is 436 g/mol. The van der Waals surface area contributed by atoms with Crippen LogP contribution in [0.4, 0.5) is 0 Å². The van der Waals surface area contributed by atoms with Crippen LogP contribution >= 0.6 is 0 Å². The first-order valence-corrected chi connectivity index (χ1v) is 13.1. The summed E-state index contributed by atoms with van der Waals surface area (Å²) in [4.78, 5) is 17.4. The van der Waals surface area contributed by atoms with Crippen molar-refractivity contribution in [2.75, 3.05) is 19.6 Å². The van der Waals surface area contributed by atoms with Crippen molar-refractivity contribution in [3.8, 4) is 0 Å². The molecule has 178 valence electrons. The average Bonchev–Trinajstić information content (AvgIpc) is 3.19. The van der Waals surface area contributed by atoms with Crippen LogP contribution in [0, 0.1) is 0 Å². The fourth-order valence-corrected chi connectivity index (χ4v) is 5.53. The smallest absolute Gasteiger partial charge is 0.243 e. The molecule has 1 amide bonds. The second-order valence-corrected chi connectivity index (χ2v) is 10.1. The molecule has 2 aromatic carbocycles. The Labute approximate surface area is 196 Å². The van der Waals surface area contributed by atoms with Crippen LogP contribution in [0.15, 0.2) is 53.4 Å². The lowest BCUT2D eigenvalue weighted by Gasteiger charge is -2.18. The molecule has 3 aromatic rings. The van der Waals surface area contributed by atoms with Gasteiger partial charge in [-0.15, -0.1) is 0 Å². The molecular formula is C25H34N4O3S. The lowest BCUT2D eigenvalue weighted by molar-refractivity contribution is -0.121. The Balaban J connectivity index is 1.70. The van der Waals surface area contributed by atoms with Gasteiger partial charge in [-0.05, 0) is 36.6 Å². The molecule has 3 rings (SSSR count). The molecule has 1 atom stereocenters.